The molecule has 0 amide bonds. The standard InChI is InChI=1S/C25H27FN6O3S/c1-3-15-12-17(33)4-5-18(15)19-6-7-20-23(22(19)26)30-31-24(20)25-28-13-21(29-25)16-8-9-32(14-16)10-11-36(34,35)27-2/h4-8,12-13,27,33H,3,9-11,14H2,1-2H3,(H,28,29)(H,30,31). The number of nitrogens with one attached hydrogen (secondary N) is 3. The minimum atomic E-state index is -3.25. The summed E-state index contributed by atoms with van der Waals surface area (Å²) in [5.41, 5.74) is 4.63. The molecule has 1 aliphatic heterocycles. The number of hydrogen-bond acceptors (Lipinski definition) is 6. The first-order chi connectivity index (χ1) is 17.3. The molecule has 0 fully saturated rings. The summed E-state index contributed by atoms with van der Waals surface area (Å²) in [5.74, 6) is 0.288. The van der Waals surface area contributed by atoms with Gasteiger partial charge in [-0.3, -0.25) is 10.00 Å². The number of imidazole rings is 1. The lowest BCUT2D eigenvalue weighted by molar-refractivity contribution is 0.376. The number of fused-ring (bicyclic) bond motifs is 1. The fraction of sp³-hybridized carbons (Fsp3) is 0.280. The number of halogens is 1. The number of sulfonamides is 1. The van der Waals surface area contributed by atoms with Crippen LogP contribution >= 0.6 is 0 Å². The Hall–Kier alpha value is -3.54. The zero-order chi connectivity index (χ0) is 25.4. The topological polar surface area (TPSA) is 127 Å². The van der Waals surface area contributed by atoms with Crippen LogP contribution in [0, 0.1) is 5.82 Å². The number of aromatic amines is 2. The molecule has 9 nitrogen and oxygen atoms in total. The Labute approximate surface area is 208 Å². The molecule has 11 heteroatoms. The van der Waals surface area contributed by atoms with E-state index in [4.69, 9.17) is 0 Å². The smallest absolute Gasteiger partial charge is 0.212 e. The zero-order valence-corrected chi connectivity index (χ0v) is 20.8. The van der Waals surface area contributed by atoms with E-state index in [1.54, 1.807) is 30.5 Å². The van der Waals surface area contributed by atoms with Crippen LogP contribution in [0.1, 0.15) is 18.2 Å². The van der Waals surface area contributed by atoms with Gasteiger partial charge in [0.25, 0.3) is 0 Å². The predicted octanol–water partition coefficient (Wildman–Crippen LogP) is 3.28. The lowest BCUT2D eigenvalue weighted by atomic mass is 9.96. The molecule has 2 aromatic carbocycles. The van der Waals surface area contributed by atoms with Gasteiger partial charge in [-0.25, -0.2) is 22.5 Å². The minimum Gasteiger partial charge on any atom is -0.508 e. The van der Waals surface area contributed by atoms with Gasteiger partial charge in [0.2, 0.25) is 10.0 Å². The number of aromatic nitrogens is 4. The Bertz CT molecular complexity index is 1570. The maximum absolute atomic E-state index is 15.5. The van der Waals surface area contributed by atoms with Gasteiger partial charge >= 0.3 is 0 Å². The monoisotopic (exact) mass is 510 g/mol. The van der Waals surface area contributed by atoms with Crippen LogP contribution < -0.4 is 4.72 Å². The molecule has 3 heterocycles. The fourth-order valence-corrected chi connectivity index (χ4v) is 5.21. The average molecular weight is 511 g/mol. The van der Waals surface area contributed by atoms with Crippen LogP contribution in [0.2, 0.25) is 0 Å². The van der Waals surface area contributed by atoms with Crippen molar-refractivity contribution in [3.8, 4) is 28.4 Å². The van der Waals surface area contributed by atoms with Gasteiger partial charge in [0.05, 0.1) is 17.6 Å². The largest absolute Gasteiger partial charge is 0.508 e. The summed E-state index contributed by atoms with van der Waals surface area (Å²) in [6, 6.07) is 8.47. The molecule has 188 valence electrons. The van der Waals surface area contributed by atoms with Crippen molar-refractivity contribution in [2.24, 2.45) is 0 Å². The van der Waals surface area contributed by atoms with Gasteiger partial charge in [-0.2, -0.15) is 5.10 Å². The van der Waals surface area contributed by atoms with E-state index in [0.717, 1.165) is 22.4 Å². The third-order valence-corrected chi connectivity index (χ3v) is 7.90. The Kier molecular flexibility index (Phi) is 6.37. The normalized spacial score (nSPS) is 14.6. The van der Waals surface area contributed by atoms with Gasteiger partial charge in [-0.15, -0.1) is 0 Å². The van der Waals surface area contributed by atoms with Crippen molar-refractivity contribution in [3.63, 3.8) is 0 Å². The second-order valence-corrected chi connectivity index (χ2v) is 10.8. The van der Waals surface area contributed by atoms with Crippen molar-refractivity contribution in [1.82, 2.24) is 29.8 Å². The highest BCUT2D eigenvalue weighted by atomic mass is 32.2. The number of aromatic hydroxyl groups is 1. The molecule has 0 saturated carbocycles. The summed E-state index contributed by atoms with van der Waals surface area (Å²) in [6.45, 7) is 3.65. The number of nitrogens with zero attached hydrogens (tertiary/aromatic N) is 3. The fourth-order valence-electron chi connectivity index (χ4n) is 4.51. The maximum Gasteiger partial charge on any atom is 0.212 e. The molecule has 0 saturated heterocycles. The molecule has 0 radical (unpaired) electrons. The molecule has 0 atom stereocenters. The molecule has 0 aliphatic carbocycles. The van der Waals surface area contributed by atoms with E-state index in [-0.39, 0.29) is 17.0 Å². The molecule has 36 heavy (non-hydrogen) atoms. The van der Waals surface area contributed by atoms with E-state index in [1.807, 2.05) is 24.0 Å². The summed E-state index contributed by atoms with van der Waals surface area (Å²) in [7, 11) is -1.84. The van der Waals surface area contributed by atoms with Crippen LogP contribution in [0.15, 0.2) is 42.6 Å². The second-order valence-electron chi connectivity index (χ2n) is 8.75. The van der Waals surface area contributed by atoms with Crippen molar-refractivity contribution in [1.29, 1.82) is 0 Å². The summed E-state index contributed by atoms with van der Waals surface area (Å²) in [5, 5.41) is 17.5. The number of phenolic OH excluding ortho intramolecular Hbond substituents is 1. The first kappa shape index (κ1) is 24.2. The van der Waals surface area contributed by atoms with Gasteiger partial charge in [0, 0.05) is 30.6 Å². The highest BCUT2D eigenvalue weighted by Crippen LogP contribution is 2.35. The van der Waals surface area contributed by atoms with E-state index >= 15 is 4.39 Å². The molecule has 4 aromatic rings. The first-order valence-electron chi connectivity index (χ1n) is 11.7. The lowest BCUT2D eigenvalue weighted by Crippen LogP contribution is -2.32. The molecule has 1 aliphatic rings. The Morgan fingerprint density at radius 3 is 2.81 bits per heavy atom. The van der Waals surface area contributed by atoms with Gasteiger partial charge < -0.3 is 10.1 Å². The molecule has 5 rings (SSSR count). The predicted molar refractivity (Wildman–Crippen MR) is 137 cm³/mol. The second kappa shape index (κ2) is 9.49. The number of hydrogen-bond donors (Lipinski definition) is 4. The van der Waals surface area contributed by atoms with Crippen LogP contribution in [0.3, 0.4) is 0 Å². The number of aryl methyl sites for hydroxylation is 1. The van der Waals surface area contributed by atoms with E-state index in [9.17, 15) is 13.5 Å². The van der Waals surface area contributed by atoms with Crippen LogP contribution in [-0.4, -0.2) is 71.0 Å². The Morgan fingerprint density at radius 1 is 1.22 bits per heavy atom. The molecule has 0 spiro atoms. The highest BCUT2D eigenvalue weighted by Gasteiger charge is 2.22. The van der Waals surface area contributed by atoms with Crippen LogP contribution in [0.5, 0.6) is 5.75 Å². The molecule has 4 N–H and O–H groups in total. The van der Waals surface area contributed by atoms with E-state index in [1.165, 1.54) is 7.05 Å². The van der Waals surface area contributed by atoms with Crippen LogP contribution in [0.4, 0.5) is 4.39 Å². The van der Waals surface area contributed by atoms with Gasteiger partial charge in [0.15, 0.2) is 11.6 Å². The van der Waals surface area contributed by atoms with Crippen LogP contribution in [0.25, 0.3) is 39.1 Å². The number of benzene rings is 2. The maximum atomic E-state index is 15.5. The zero-order valence-electron chi connectivity index (χ0n) is 20.0. The van der Waals surface area contributed by atoms with Crippen molar-refractivity contribution in [3.05, 3.63) is 59.7 Å². The molecule has 0 unspecified atom stereocenters. The summed E-state index contributed by atoms with van der Waals surface area (Å²) in [4.78, 5) is 9.81. The van der Waals surface area contributed by atoms with Crippen molar-refractivity contribution < 1.29 is 17.9 Å². The van der Waals surface area contributed by atoms with E-state index in [0.29, 0.717) is 48.5 Å². The quantitative estimate of drug-likeness (QED) is 0.288. The minimum absolute atomic E-state index is 0.0381. The number of rotatable bonds is 8. The third kappa shape index (κ3) is 4.52. The third-order valence-electron chi connectivity index (χ3n) is 6.56. The Morgan fingerprint density at radius 2 is 2.03 bits per heavy atom. The van der Waals surface area contributed by atoms with Gasteiger partial charge in [-0.1, -0.05) is 25.1 Å². The summed E-state index contributed by atoms with van der Waals surface area (Å²) in [6.07, 6.45) is 4.42. The van der Waals surface area contributed by atoms with Crippen LogP contribution in [-0.2, 0) is 16.4 Å². The number of phenols is 1. The lowest BCUT2D eigenvalue weighted by Gasteiger charge is -2.15. The highest BCUT2D eigenvalue weighted by molar-refractivity contribution is 7.89. The Balaban J connectivity index is 1.39. The number of H-pyrrole nitrogens is 2. The molecular formula is C25H27FN6O3S. The molecular weight excluding hydrogens is 483 g/mol. The molecule has 0 bridgehead atoms. The van der Waals surface area contributed by atoms with Crippen molar-refractivity contribution in [2.45, 2.75) is 13.3 Å². The molecule has 2 aromatic heterocycles. The first-order valence-corrected chi connectivity index (χ1v) is 13.3. The van der Waals surface area contributed by atoms with E-state index < -0.39 is 15.8 Å². The summed E-state index contributed by atoms with van der Waals surface area (Å²) >= 11 is 0. The van der Waals surface area contributed by atoms with Crippen molar-refractivity contribution in [2.75, 3.05) is 32.4 Å². The SMILES string of the molecule is CCc1cc(O)ccc1-c1ccc2c(-c3ncc(C4=CCN(CCS(=O)(=O)NC)C4)[nH]3)[nH]nc2c1F. The van der Waals surface area contributed by atoms with E-state index in [2.05, 4.69) is 24.9 Å². The van der Waals surface area contributed by atoms with Gasteiger partial charge in [-0.05, 0) is 48.4 Å². The van der Waals surface area contributed by atoms with Crippen molar-refractivity contribution >= 4 is 26.5 Å². The average Bonchev–Trinajstić information content (AvgIpc) is 3.62. The van der Waals surface area contributed by atoms with Gasteiger partial charge in [0.1, 0.15) is 17.0 Å². The summed E-state index contributed by atoms with van der Waals surface area (Å²) < 4.78 is 41.3.